The number of thioether (sulfide) groups is 1. The summed E-state index contributed by atoms with van der Waals surface area (Å²) in [5.74, 6) is -0.261. The Morgan fingerprint density at radius 3 is 2.45 bits per heavy atom. The molecule has 1 aromatic heterocycles. The Kier molecular flexibility index (Phi) is 8.05. The zero-order valence-corrected chi connectivity index (χ0v) is 18.8. The van der Waals surface area contributed by atoms with Crippen LogP contribution >= 0.6 is 23.1 Å². The quantitative estimate of drug-likeness (QED) is 0.438. The maximum Gasteiger partial charge on any atom is 0.274 e. The Morgan fingerprint density at radius 2 is 1.77 bits per heavy atom. The van der Waals surface area contributed by atoms with Crippen molar-refractivity contribution in [3.05, 3.63) is 83.2 Å². The summed E-state index contributed by atoms with van der Waals surface area (Å²) in [6, 6.07) is 14.5. The van der Waals surface area contributed by atoms with Gasteiger partial charge in [0.15, 0.2) is 0 Å². The molecule has 0 bridgehead atoms. The number of nitrogens with zero attached hydrogens (tertiary/aromatic N) is 1. The third-order valence-corrected chi connectivity index (χ3v) is 8.38. The summed E-state index contributed by atoms with van der Waals surface area (Å²) in [5.41, 5.74) is 0.780. The average Bonchev–Trinajstić information content (AvgIpc) is 3.30. The number of halogens is 2. The van der Waals surface area contributed by atoms with Gasteiger partial charge in [-0.3, -0.25) is 9.10 Å². The molecule has 0 saturated heterocycles. The molecule has 0 aliphatic heterocycles. The fraction of sp³-hybridized carbons (Fsp3) is 0.190. The Labute approximate surface area is 188 Å². The van der Waals surface area contributed by atoms with Crippen LogP contribution in [0.4, 0.5) is 14.5 Å². The Hall–Kier alpha value is -2.43. The number of rotatable bonds is 10. The predicted octanol–water partition coefficient (Wildman–Crippen LogP) is 4.27. The van der Waals surface area contributed by atoms with E-state index in [9.17, 15) is 22.0 Å². The molecule has 1 heterocycles. The van der Waals surface area contributed by atoms with Gasteiger partial charge in [-0.05, 0) is 47.3 Å². The van der Waals surface area contributed by atoms with Crippen molar-refractivity contribution in [2.24, 2.45) is 0 Å². The van der Waals surface area contributed by atoms with Crippen molar-refractivity contribution in [2.75, 3.05) is 23.1 Å². The Morgan fingerprint density at radius 1 is 1.03 bits per heavy atom. The lowest BCUT2D eigenvalue weighted by molar-refractivity contribution is -0.119. The van der Waals surface area contributed by atoms with Gasteiger partial charge in [-0.1, -0.05) is 24.3 Å². The molecule has 5 nitrogen and oxygen atoms in total. The molecule has 1 N–H and O–H groups in total. The molecule has 3 aromatic rings. The molecule has 0 atom stereocenters. The van der Waals surface area contributed by atoms with E-state index in [1.807, 2.05) is 0 Å². The summed E-state index contributed by atoms with van der Waals surface area (Å²) < 4.78 is 54.0. The monoisotopic (exact) mass is 482 g/mol. The van der Waals surface area contributed by atoms with E-state index in [0.717, 1.165) is 27.8 Å². The summed E-state index contributed by atoms with van der Waals surface area (Å²) >= 11 is 2.49. The number of benzene rings is 2. The molecular weight excluding hydrogens is 462 g/mol. The second kappa shape index (κ2) is 10.7. The van der Waals surface area contributed by atoms with Crippen LogP contribution in [0.3, 0.4) is 0 Å². The van der Waals surface area contributed by atoms with Crippen LogP contribution in [0.1, 0.15) is 5.56 Å². The number of thiophene rings is 1. The van der Waals surface area contributed by atoms with Gasteiger partial charge in [0.25, 0.3) is 10.0 Å². The van der Waals surface area contributed by atoms with Crippen LogP contribution < -0.4 is 9.62 Å². The number of anilines is 1. The van der Waals surface area contributed by atoms with E-state index < -0.39 is 28.3 Å². The number of amides is 1. The third kappa shape index (κ3) is 6.28. The lowest BCUT2D eigenvalue weighted by Crippen LogP contribution is -2.41. The lowest BCUT2D eigenvalue weighted by atomic mass is 10.2. The van der Waals surface area contributed by atoms with Gasteiger partial charge in [-0.15, -0.1) is 11.3 Å². The SMILES string of the molecule is O=C(CN(c1ccc(F)cc1)S(=O)(=O)c1cccs1)NCCSCc1ccccc1F. The molecule has 0 saturated carbocycles. The van der Waals surface area contributed by atoms with Gasteiger partial charge >= 0.3 is 0 Å². The zero-order chi connectivity index (χ0) is 22.3. The minimum Gasteiger partial charge on any atom is -0.354 e. The maximum atomic E-state index is 13.6. The molecular formula is C21H20F2N2O3S3. The highest BCUT2D eigenvalue weighted by molar-refractivity contribution is 7.98. The minimum absolute atomic E-state index is 0.0880. The smallest absolute Gasteiger partial charge is 0.274 e. The highest BCUT2D eigenvalue weighted by Gasteiger charge is 2.28. The van der Waals surface area contributed by atoms with E-state index >= 15 is 0 Å². The van der Waals surface area contributed by atoms with Gasteiger partial charge in [0.2, 0.25) is 5.91 Å². The number of carbonyl (C=O) groups excluding carboxylic acids is 1. The van der Waals surface area contributed by atoms with E-state index in [-0.39, 0.29) is 15.7 Å². The molecule has 1 amide bonds. The van der Waals surface area contributed by atoms with Crippen LogP contribution in [0.2, 0.25) is 0 Å². The van der Waals surface area contributed by atoms with Crippen molar-refractivity contribution >= 4 is 44.7 Å². The summed E-state index contributed by atoms with van der Waals surface area (Å²) in [6.45, 7) is -0.141. The predicted molar refractivity (Wildman–Crippen MR) is 121 cm³/mol. The van der Waals surface area contributed by atoms with Gasteiger partial charge < -0.3 is 5.32 Å². The third-order valence-electron chi connectivity index (χ3n) is 4.23. The number of carbonyl (C=O) groups is 1. The van der Waals surface area contributed by atoms with E-state index in [1.165, 1.54) is 36.0 Å². The molecule has 0 radical (unpaired) electrons. The summed E-state index contributed by atoms with van der Waals surface area (Å²) in [7, 11) is -3.97. The van der Waals surface area contributed by atoms with E-state index in [4.69, 9.17) is 0 Å². The van der Waals surface area contributed by atoms with Crippen molar-refractivity contribution in [2.45, 2.75) is 9.96 Å². The number of hydrogen-bond donors (Lipinski definition) is 1. The number of sulfonamides is 1. The van der Waals surface area contributed by atoms with Crippen molar-refractivity contribution < 1.29 is 22.0 Å². The van der Waals surface area contributed by atoms with Gasteiger partial charge in [-0.2, -0.15) is 11.8 Å². The van der Waals surface area contributed by atoms with Gasteiger partial charge in [0, 0.05) is 18.1 Å². The summed E-state index contributed by atoms with van der Waals surface area (Å²) in [5, 5.41) is 4.31. The topological polar surface area (TPSA) is 66.5 Å². The molecule has 0 spiro atoms. The average molecular weight is 483 g/mol. The second-order valence-corrected chi connectivity index (χ2v) is 10.6. The number of hydrogen-bond acceptors (Lipinski definition) is 5. The van der Waals surface area contributed by atoms with Crippen LogP contribution in [0.5, 0.6) is 0 Å². The van der Waals surface area contributed by atoms with Gasteiger partial charge in [0.05, 0.1) is 5.69 Å². The highest BCUT2D eigenvalue weighted by Crippen LogP contribution is 2.26. The molecule has 10 heteroatoms. The minimum atomic E-state index is -3.97. The van der Waals surface area contributed by atoms with E-state index in [0.29, 0.717) is 23.6 Å². The van der Waals surface area contributed by atoms with Crippen LogP contribution in [-0.4, -0.2) is 33.2 Å². The van der Waals surface area contributed by atoms with Crippen molar-refractivity contribution in [3.8, 4) is 0 Å². The molecule has 31 heavy (non-hydrogen) atoms. The first-order valence-electron chi connectivity index (χ1n) is 9.27. The van der Waals surface area contributed by atoms with E-state index in [2.05, 4.69) is 5.32 Å². The van der Waals surface area contributed by atoms with Crippen LogP contribution in [0.25, 0.3) is 0 Å². The van der Waals surface area contributed by atoms with Crippen molar-refractivity contribution in [1.29, 1.82) is 0 Å². The first kappa shape index (κ1) is 23.2. The summed E-state index contributed by atoms with van der Waals surface area (Å²) in [4.78, 5) is 12.4. The Balaban J connectivity index is 1.59. The van der Waals surface area contributed by atoms with E-state index in [1.54, 1.807) is 29.6 Å². The molecule has 0 fully saturated rings. The van der Waals surface area contributed by atoms with Gasteiger partial charge in [-0.25, -0.2) is 17.2 Å². The molecule has 0 unspecified atom stereocenters. The lowest BCUT2D eigenvalue weighted by Gasteiger charge is -2.23. The standard InChI is InChI=1S/C21H20F2N2O3S3/c22-17-7-9-18(10-8-17)25(31(27,28)21-6-3-12-30-21)14-20(26)24-11-13-29-15-16-4-1-2-5-19(16)23/h1-10,12H,11,13-15H2,(H,24,26). The van der Waals surface area contributed by atoms with Gasteiger partial charge in [0.1, 0.15) is 22.4 Å². The van der Waals surface area contributed by atoms with Crippen molar-refractivity contribution in [3.63, 3.8) is 0 Å². The van der Waals surface area contributed by atoms with Crippen LogP contribution in [-0.2, 0) is 20.6 Å². The zero-order valence-electron chi connectivity index (χ0n) is 16.3. The van der Waals surface area contributed by atoms with Crippen molar-refractivity contribution in [1.82, 2.24) is 5.32 Å². The fourth-order valence-corrected chi connectivity index (χ4v) is 6.06. The number of nitrogens with one attached hydrogen (secondary N) is 1. The molecule has 0 aliphatic carbocycles. The Bertz CT molecular complexity index is 1110. The largest absolute Gasteiger partial charge is 0.354 e. The first-order chi connectivity index (χ1) is 14.9. The van der Waals surface area contributed by atoms with Crippen LogP contribution in [0.15, 0.2) is 70.3 Å². The fourth-order valence-electron chi connectivity index (χ4n) is 2.69. The summed E-state index contributed by atoms with van der Waals surface area (Å²) in [6.07, 6.45) is 0. The van der Waals surface area contributed by atoms with Crippen LogP contribution in [0, 0.1) is 11.6 Å². The molecule has 3 rings (SSSR count). The normalized spacial score (nSPS) is 11.3. The highest BCUT2D eigenvalue weighted by atomic mass is 32.2. The molecule has 164 valence electrons. The maximum absolute atomic E-state index is 13.6. The second-order valence-electron chi connectivity index (χ2n) is 6.41. The molecule has 2 aromatic carbocycles. The molecule has 0 aliphatic rings. The first-order valence-corrected chi connectivity index (χ1v) is 12.7.